The zero-order valence-corrected chi connectivity index (χ0v) is 10.7. The fraction of sp³-hybridized carbons (Fsp3) is 0. The van der Waals surface area contributed by atoms with Gasteiger partial charge >= 0.3 is 21.7 Å². The molecule has 0 bridgehead atoms. The van der Waals surface area contributed by atoms with Crippen molar-refractivity contribution in [2.45, 2.75) is 0 Å². The Balaban J connectivity index is -0.0000000213. The van der Waals surface area contributed by atoms with Crippen molar-refractivity contribution in [3.63, 3.8) is 0 Å². The molecule has 0 N–H and O–H groups in total. The largest absolute Gasteiger partial charge is 4.00 e. The predicted molar refractivity (Wildman–Crippen MR) is 63.8 cm³/mol. The van der Waals surface area contributed by atoms with Gasteiger partial charge in [-0.3, -0.25) is 0 Å². The monoisotopic (exact) mass is 280 g/mol. The Labute approximate surface area is 112 Å². The Morgan fingerprint density at radius 1 is 0.538 bits per heavy atom. The summed E-state index contributed by atoms with van der Waals surface area (Å²) in [5.74, 6) is 0. The molecule has 0 radical (unpaired) electrons. The van der Waals surface area contributed by atoms with Gasteiger partial charge in [-0.1, -0.05) is 48.9 Å². The van der Waals surface area contributed by atoms with Crippen LogP contribution in [0.4, 0.5) is 0 Å². The van der Waals surface area contributed by atoms with Gasteiger partial charge in [0.1, 0.15) is 0 Å². The molecule has 0 rings (SSSR count). The SMILES string of the molecule is [N-]=C=S.[N-]=C=S.[N-]=C=S.[N-]=C=S.[Ti+4]. The molecule has 0 amide bonds. The van der Waals surface area contributed by atoms with Crippen LogP contribution in [0, 0.1) is 0 Å². The Bertz CT molecular complexity index is 156. The number of nitrogens with zero attached hydrogens (tertiary/aromatic N) is 4. The normalized spacial score (nSPS) is 2.46. The molecule has 0 fully saturated rings. The number of hydrogen-bond donors (Lipinski definition) is 0. The summed E-state index contributed by atoms with van der Waals surface area (Å²) in [5, 5.41) is 33.9. The number of rotatable bonds is 0. The van der Waals surface area contributed by atoms with E-state index in [-0.39, 0.29) is 21.7 Å². The molecule has 0 spiro atoms. The minimum Gasteiger partial charge on any atom is -0.753 e. The molecule has 0 atom stereocenters. The van der Waals surface area contributed by atoms with Crippen molar-refractivity contribution in [1.29, 1.82) is 0 Å². The smallest absolute Gasteiger partial charge is 0.753 e. The quantitative estimate of drug-likeness (QED) is 0.387. The first-order valence-corrected chi connectivity index (χ1v) is 3.34. The molecule has 0 aromatic carbocycles. The molecule has 0 aliphatic carbocycles. The number of hydrogen-bond acceptors (Lipinski definition) is 4. The minimum atomic E-state index is 0. The van der Waals surface area contributed by atoms with Gasteiger partial charge in [-0.15, -0.1) is 0 Å². The van der Waals surface area contributed by atoms with Crippen LogP contribution in [0.5, 0.6) is 0 Å². The third-order valence-corrected chi connectivity index (χ3v) is 0. The second-order valence-corrected chi connectivity index (χ2v) is 1.10. The van der Waals surface area contributed by atoms with Crippen LogP contribution < -0.4 is 0 Å². The summed E-state index contributed by atoms with van der Waals surface area (Å²) in [6.07, 6.45) is 0. The molecule has 0 saturated heterocycles. The summed E-state index contributed by atoms with van der Waals surface area (Å²) >= 11 is 14.8. The average Bonchev–Trinajstić information content (AvgIpc) is 1.92. The molecule has 13 heavy (non-hydrogen) atoms. The fourth-order valence-corrected chi connectivity index (χ4v) is 0. The third kappa shape index (κ3) is 159000. The van der Waals surface area contributed by atoms with Crippen LogP contribution in [-0.4, -0.2) is 20.6 Å². The van der Waals surface area contributed by atoms with Gasteiger partial charge in [0.2, 0.25) is 0 Å². The molecule has 64 valence electrons. The molecule has 0 heterocycles. The summed E-state index contributed by atoms with van der Waals surface area (Å²) in [6.45, 7) is 0. The van der Waals surface area contributed by atoms with Gasteiger partial charge in [0.15, 0.2) is 0 Å². The van der Waals surface area contributed by atoms with Crippen molar-refractivity contribution in [3.8, 4) is 0 Å². The molecule has 9 heteroatoms. The second-order valence-electron chi connectivity index (χ2n) is 0.365. The minimum absolute atomic E-state index is 0. The molecule has 0 unspecified atom stereocenters. The predicted octanol–water partition coefficient (Wildman–Crippen LogP) is 2.63. The summed E-state index contributed by atoms with van der Waals surface area (Å²) in [4.78, 5) is 0. The van der Waals surface area contributed by atoms with E-state index in [1.807, 2.05) is 0 Å². The fourth-order valence-electron chi connectivity index (χ4n) is 0. The summed E-state index contributed by atoms with van der Waals surface area (Å²) in [7, 11) is 0. The Kier molecular flexibility index (Phi) is 209. The van der Waals surface area contributed by atoms with Gasteiger partial charge in [0, 0.05) is 0 Å². The van der Waals surface area contributed by atoms with E-state index >= 15 is 0 Å². The van der Waals surface area contributed by atoms with E-state index in [1.165, 1.54) is 20.6 Å². The van der Waals surface area contributed by atoms with Crippen molar-refractivity contribution in [3.05, 3.63) is 21.6 Å². The second kappa shape index (κ2) is 92.6. The van der Waals surface area contributed by atoms with E-state index in [4.69, 9.17) is 21.6 Å². The van der Waals surface area contributed by atoms with Gasteiger partial charge in [-0.05, 0) is 0 Å². The third-order valence-electron chi connectivity index (χ3n) is 0. The Morgan fingerprint density at radius 3 is 0.538 bits per heavy atom. The van der Waals surface area contributed by atoms with Crippen LogP contribution in [0.1, 0.15) is 0 Å². The van der Waals surface area contributed by atoms with Crippen molar-refractivity contribution in [1.82, 2.24) is 0 Å². The zero-order valence-electron chi connectivity index (χ0n) is 5.92. The van der Waals surface area contributed by atoms with Crippen molar-refractivity contribution in [2.24, 2.45) is 0 Å². The van der Waals surface area contributed by atoms with E-state index in [0.717, 1.165) is 0 Å². The summed E-state index contributed by atoms with van der Waals surface area (Å²) in [6, 6.07) is 0. The molecule has 0 aliphatic rings. The van der Waals surface area contributed by atoms with Gasteiger partial charge in [-0.2, -0.15) is 20.6 Å². The molecular weight excluding hydrogens is 280 g/mol. The van der Waals surface area contributed by atoms with Crippen LogP contribution in [-0.2, 0) is 21.7 Å². The summed E-state index contributed by atoms with van der Waals surface area (Å²) < 4.78 is 0. The van der Waals surface area contributed by atoms with E-state index < -0.39 is 0 Å². The van der Waals surface area contributed by atoms with Gasteiger partial charge in [0.25, 0.3) is 0 Å². The maximum atomic E-state index is 7.13. The van der Waals surface area contributed by atoms with Crippen LogP contribution in [0.3, 0.4) is 0 Å². The molecule has 4 nitrogen and oxygen atoms in total. The van der Waals surface area contributed by atoms with Crippen LogP contribution in [0.15, 0.2) is 0 Å². The van der Waals surface area contributed by atoms with Gasteiger partial charge < -0.3 is 21.6 Å². The maximum absolute atomic E-state index is 7.13. The van der Waals surface area contributed by atoms with Crippen LogP contribution in [0.2, 0.25) is 0 Å². The molecule has 0 aromatic heterocycles. The van der Waals surface area contributed by atoms with E-state index in [0.29, 0.717) is 0 Å². The number of isothiocyanates is 4. The zero-order chi connectivity index (χ0) is 10.8. The molecule has 0 saturated carbocycles. The molecule has 0 aromatic rings. The summed E-state index contributed by atoms with van der Waals surface area (Å²) in [5.41, 5.74) is 0. The maximum Gasteiger partial charge on any atom is 4.00 e. The van der Waals surface area contributed by atoms with E-state index in [2.05, 4.69) is 48.9 Å². The first-order chi connectivity index (χ1) is 5.66. The van der Waals surface area contributed by atoms with Crippen molar-refractivity contribution >= 4 is 69.5 Å². The number of thiocarbonyl (C=S) groups is 4. The average molecular weight is 280 g/mol. The van der Waals surface area contributed by atoms with Crippen LogP contribution >= 0.6 is 48.9 Å². The molecular formula is C4N4S4Ti. The van der Waals surface area contributed by atoms with Crippen molar-refractivity contribution < 1.29 is 21.7 Å². The molecule has 0 aliphatic heterocycles. The van der Waals surface area contributed by atoms with Crippen molar-refractivity contribution in [2.75, 3.05) is 0 Å². The Hall–Kier alpha value is -0.0857. The van der Waals surface area contributed by atoms with Gasteiger partial charge in [-0.25, -0.2) is 0 Å². The Morgan fingerprint density at radius 2 is 0.538 bits per heavy atom. The van der Waals surface area contributed by atoms with E-state index in [1.54, 1.807) is 0 Å². The first kappa shape index (κ1) is 29.3. The van der Waals surface area contributed by atoms with Crippen LogP contribution in [0.25, 0.3) is 21.6 Å². The standard InChI is InChI=1S/4CNS.Ti/c4*2-1-3;/q4*-1;+4. The first-order valence-electron chi connectivity index (χ1n) is 1.71. The van der Waals surface area contributed by atoms with E-state index in [9.17, 15) is 0 Å². The topological polar surface area (TPSA) is 89.2 Å². The van der Waals surface area contributed by atoms with Gasteiger partial charge in [0.05, 0.1) is 0 Å².